The third kappa shape index (κ3) is 3.77. The highest BCUT2D eigenvalue weighted by atomic mass is 16.2. The van der Waals surface area contributed by atoms with Gasteiger partial charge in [-0.1, -0.05) is 63.2 Å². The number of hydrogen-bond acceptors (Lipinski definition) is 4. The first-order valence-electron chi connectivity index (χ1n) is 10.7. The van der Waals surface area contributed by atoms with E-state index in [2.05, 4.69) is 48.2 Å². The molecule has 6 nitrogen and oxygen atoms in total. The summed E-state index contributed by atoms with van der Waals surface area (Å²) in [7, 11) is 1.64. The Kier molecular flexibility index (Phi) is 5.33. The quantitative estimate of drug-likeness (QED) is 0.648. The zero-order valence-corrected chi connectivity index (χ0v) is 19.2. The van der Waals surface area contributed by atoms with Crippen molar-refractivity contribution in [1.29, 1.82) is 5.41 Å². The van der Waals surface area contributed by atoms with Crippen LogP contribution in [0.15, 0.2) is 67.3 Å². The Morgan fingerprint density at radius 3 is 2.31 bits per heavy atom. The summed E-state index contributed by atoms with van der Waals surface area (Å²) in [5, 5.41) is 11.7. The molecule has 1 saturated heterocycles. The molecule has 2 aromatic carbocycles. The predicted molar refractivity (Wildman–Crippen MR) is 126 cm³/mol. The van der Waals surface area contributed by atoms with Crippen LogP contribution in [0.1, 0.15) is 50.3 Å². The molecule has 0 bridgehead atoms. The maximum absolute atomic E-state index is 13.5. The van der Waals surface area contributed by atoms with E-state index in [1.165, 1.54) is 16.8 Å². The van der Waals surface area contributed by atoms with E-state index in [9.17, 15) is 4.79 Å². The van der Waals surface area contributed by atoms with Gasteiger partial charge in [0.15, 0.2) is 5.96 Å². The summed E-state index contributed by atoms with van der Waals surface area (Å²) in [6.45, 7) is 8.52. The Morgan fingerprint density at radius 1 is 1.03 bits per heavy atom. The van der Waals surface area contributed by atoms with Gasteiger partial charge in [-0.25, -0.2) is 9.97 Å². The number of nitrogens with zero attached hydrogens (tertiary/aromatic N) is 3. The van der Waals surface area contributed by atoms with Crippen LogP contribution in [0.2, 0.25) is 0 Å². The molecule has 6 heteroatoms. The molecule has 3 aromatic rings. The largest absolute Gasteiger partial charge is 0.346 e. The standard InChI is InChI=1S/C26H29N5O/c1-25(2,3)20-11-9-17(10-12-20)22-23(32)31(5)24(27)30-26(22,4)21-8-6-7-18(13-21)19-14-28-16-29-15-19/h6-16,22H,1-5H3,(H2,27,30)/t22-,26+/m0/s1. The minimum absolute atomic E-state index is 0.0294. The molecule has 1 amide bonds. The van der Waals surface area contributed by atoms with Gasteiger partial charge >= 0.3 is 0 Å². The van der Waals surface area contributed by atoms with E-state index in [-0.39, 0.29) is 17.3 Å². The minimum Gasteiger partial charge on any atom is -0.346 e. The molecule has 0 spiro atoms. The second kappa shape index (κ2) is 7.86. The number of aromatic nitrogens is 2. The van der Waals surface area contributed by atoms with E-state index in [0.717, 1.165) is 22.3 Å². The van der Waals surface area contributed by atoms with Crippen LogP contribution >= 0.6 is 0 Å². The van der Waals surface area contributed by atoms with Crippen molar-refractivity contribution in [3.05, 3.63) is 83.9 Å². The summed E-state index contributed by atoms with van der Waals surface area (Å²) < 4.78 is 0. The molecule has 1 aliphatic rings. The molecule has 2 heterocycles. The molecule has 1 aliphatic heterocycles. The number of likely N-dealkylation sites (N-methyl/N-ethyl adjacent to an activating group) is 1. The van der Waals surface area contributed by atoms with Gasteiger partial charge in [0.05, 0.1) is 11.5 Å². The van der Waals surface area contributed by atoms with Crippen LogP contribution in [0, 0.1) is 5.41 Å². The first-order valence-corrected chi connectivity index (χ1v) is 10.7. The van der Waals surface area contributed by atoms with Crippen LogP contribution in [0.3, 0.4) is 0 Å². The number of nitrogens with one attached hydrogen (secondary N) is 2. The Bertz CT molecular complexity index is 1150. The number of carbonyl (C=O) groups is 1. The number of rotatable bonds is 3. The highest BCUT2D eigenvalue weighted by Crippen LogP contribution is 2.42. The van der Waals surface area contributed by atoms with E-state index >= 15 is 0 Å². The fourth-order valence-corrected chi connectivity index (χ4v) is 4.31. The molecule has 0 unspecified atom stereocenters. The van der Waals surface area contributed by atoms with Gasteiger partial charge in [-0.2, -0.15) is 0 Å². The van der Waals surface area contributed by atoms with Gasteiger partial charge in [0.25, 0.3) is 0 Å². The summed E-state index contributed by atoms with van der Waals surface area (Å²) >= 11 is 0. The van der Waals surface area contributed by atoms with E-state index in [4.69, 9.17) is 5.41 Å². The van der Waals surface area contributed by atoms with Crippen molar-refractivity contribution in [2.75, 3.05) is 7.05 Å². The zero-order chi connectivity index (χ0) is 23.1. The predicted octanol–water partition coefficient (Wildman–Crippen LogP) is 4.44. The lowest BCUT2D eigenvalue weighted by molar-refractivity contribution is -0.131. The van der Waals surface area contributed by atoms with Crippen molar-refractivity contribution in [2.45, 2.75) is 44.6 Å². The van der Waals surface area contributed by atoms with Crippen molar-refractivity contribution in [1.82, 2.24) is 20.2 Å². The summed E-state index contributed by atoms with van der Waals surface area (Å²) in [5.41, 5.74) is 4.16. The molecular weight excluding hydrogens is 398 g/mol. The summed E-state index contributed by atoms with van der Waals surface area (Å²) in [6.07, 6.45) is 5.04. The molecule has 2 N–H and O–H groups in total. The van der Waals surface area contributed by atoms with Crippen molar-refractivity contribution in [3.8, 4) is 11.1 Å². The molecular formula is C26H29N5O. The Hall–Kier alpha value is -3.54. The van der Waals surface area contributed by atoms with Crippen LogP contribution in [0.5, 0.6) is 0 Å². The molecule has 0 saturated carbocycles. The number of benzene rings is 2. The first kappa shape index (κ1) is 21.7. The molecule has 0 radical (unpaired) electrons. The Morgan fingerprint density at radius 2 is 1.69 bits per heavy atom. The van der Waals surface area contributed by atoms with Gasteiger partial charge in [0.1, 0.15) is 6.33 Å². The second-order valence-electron chi connectivity index (χ2n) is 9.59. The fourth-order valence-electron chi connectivity index (χ4n) is 4.31. The molecule has 1 aromatic heterocycles. The minimum atomic E-state index is -0.796. The van der Waals surface area contributed by atoms with Gasteiger partial charge in [-0.15, -0.1) is 0 Å². The molecule has 4 rings (SSSR count). The maximum atomic E-state index is 13.5. The number of hydrogen-bond donors (Lipinski definition) is 2. The molecule has 164 valence electrons. The van der Waals surface area contributed by atoms with Crippen molar-refractivity contribution < 1.29 is 4.79 Å². The summed E-state index contributed by atoms with van der Waals surface area (Å²) in [6, 6.07) is 16.3. The number of carbonyl (C=O) groups excluding carboxylic acids is 1. The molecule has 0 aliphatic carbocycles. The second-order valence-corrected chi connectivity index (χ2v) is 9.59. The van der Waals surface area contributed by atoms with E-state index in [0.29, 0.717) is 0 Å². The van der Waals surface area contributed by atoms with E-state index < -0.39 is 11.5 Å². The number of guanidine groups is 1. The van der Waals surface area contributed by atoms with Gasteiger partial charge in [-0.05, 0) is 40.7 Å². The fraction of sp³-hybridized carbons (Fsp3) is 0.308. The highest BCUT2D eigenvalue weighted by molar-refractivity contribution is 6.02. The lowest BCUT2D eigenvalue weighted by Gasteiger charge is -2.46. The molecule has 2 atom stereocenters. The van der Waals surface area contributed by atoms with Crippen LogP contribution in [-0.2, 0) is 15.7 Å². The Labute approximate surface area is 189 Å². The van der Waals surface area contributed by atoms with Gasteiger partial charge in [-0.3, -0.25) is 15.1 Å². The van der Waals surface area contributed by atoms with Gasteiger partial charge in [0.2, 0.25) is 5.91 Å². The summed E-state index contributed by atoms with van der Waals surface area (Å²) in [4.78, 5) is 23.1. The Balaban J connectivity index is 1.82. The van der Waals surface area contributed by atoms with Crippen LogP contribution in [0.25, 0.3) is 11.1 Å². The lowest BCUT2D eigenvalue weighted by Crippen LogP contribution is -2.62. The SMILES string of the molecule is CN1C(=N)N[C@](C)(c2cccc(-c3cncnc3)c2)[C@@H](c2ccc(C(C)(C)C)cc2)C1=O. The third-order valence-electron chi connectivity index (χ3n) is 6.33. The number of amides is 1. The normalized spacial score (nSPS) is 21.4. The average Bonchev–Trinajstić information content (AvgIpc) is 2.78. The van der Waals surface area contributed by atoms with E-state index in [1.54, 1.807) is 19.4 Å². The molecule has 1 fully saturated rings. The van der Waals surface area contributed by atoms with Crippen LogP contribution in [-0.4, -0.2) is 33.8 Å². The monoisotopic (exact) mass is 427 g/mol. The van der Waals surface area contributed by atoms with Crippen molar-refractivity contribution >= 4 is 11.9 Å². The molecule has 32 heavy (non-hydrogen) atoms. The zero-order valence-electron chi connectivity index (χ0n) is 19.2. The smallest absolute Gasteiger partial charge is 0.239 e. The van der Waals surface area contributed by atoms with Crippen molar-refractivity contribution in [3.63, 3.8) is 0 Å². The van der Waals surface area contributed by atoms with Gasteiger partial charge in [0, 0.05) is 25.0 Å². The van der Waals surface area contributed by atoms with Gasteiger partial charge < -0.3 is 5.32 Å². The maximum Gasteiger partial charge on any atom is 0.239 e. The highest BCUT2D eigenvalue weighted by Gasteiger charge is 2.48. The van der Waals surface area contributed by atoms with Crippen LogP contribution < -0.4 is 5.32 Å². The topological polar surface area (TPSA) is 82.0 Å². The van der Waals surface area contributed by atoms with Crippen LogP contribution in [0.4, 0.5) is 0 Å². The third-order valence-corrected chi connectivity index (χ3v) is 6.33. The average molecular weight is 428 g/mol. The first-order chi connectivity index (χ1) is 15.1. The van der Waals surface area contributed by atoms with Crippen molar-refractivity contribution in [2.24, 2.45) is 0 Å². The summed E-state index contributed by atoms with van der Waals surface area (Å²) in [5.74, 6) is -0.500. The van der Waals surface area contributed by atoms with E-state index in [1.807, 2.05) is 43.3 Å². The lowest BCUT2D eigenvalue weighted by atomic mass is 9.72.